The second-order valence-corrected chi connectivity index (χ2v) is 2.98. The summed E-state index contributed by atoms with van der Waals surface area (Å²) in [7, 11) is 0. The summed E-state index contributed by atoms with van der Waals surface area (Å²) in [6, 6.07) is 7.86. The van der Waals surface area contributed by atoms with Crippen LogP contribution in [0.3, 0.4) is 0 Å². The Morgan fingerprint density at radius 2 is 2.21 bits per heavy atom. The van der Waals surface area contributed by atoms with Gasteiger partial charge < -0.3 is 9.15 Å². The van der Waals surface area contributed by atoms with Gasteiger partial charge in [0.25, 0.3) is 0 Å². The highest BCUT2D eigenvalue weighted by Crippen LogP contribution is 2.17. The number of hydrogen-bond acceptors (Lipinski definition) is 3. The smallest absolute Gasteiger partial charge is 0.232 e. The Morgan fingerprint density at radius 3 is 2.93 bits per heavy atom. The average Bonchev–Trinajstić information content (AvgIpc) is 2.69. The molecule has 0 aliphatic heterocycles. The lowest BCUT2D eigenvalue weighted by Gasteiger charge is -2.05. The minimum atomic E-state index is 0.373. The fourth-order valence-electron chi connectivity index (χ4n) is 1.18. The van der Waals surface area contributed by atoms with Crippen LogP contribution in [0.4, 0.5) is 0 Å². The molecule has 0 aliphatic carbocycles. The van der Waals surface area contributed by atoms with E-state index in [2.05, 4.69) is 4.98 Å². The van der Waals surface area contributed by atoms with Crippen molar-refractivity contribution < 1.29 is 9.15 Å². The molecule has 1 aromatic heterocycles. The predicted molar refractivity (Wildman–Crippen MR) is 52.0 cm³/mol. The summed E-state index contributed by atoms with van der Waals surface area (Å²) >= 11 is 0. The lowest BCUT2D eigenvalue weighted by Crippen LogP contribution is -1.96. The van der Waals surface area contributed by atoms with Crippen LogP contribution in [-0.2, 0) is 6.61 Å². The van der Waals surface area contributed by atoms with E-state index in [0.29, 0.717) is 12.5 Å². The molecular formula is C11H11NO2. The van der Waals surface area contributed by atoms with Crippen LogP contribution in [0.15, 0.2) is 41.1 Å². The van der Waals surface area contributed by atoms with Gasteiger partial charge in [-0.15, -0.1) is 0 Å². The second kappa shape index (κ2) is 3.96. The van der Waals surface area contributed by atoms with Gasteiger partial charge in [0.05, 0.1) is 6.20 Å². The van der Waals surface area contributed by atoms with E-state index in [4.69, 9.17) is 9.15 Å². The molecule has 1 heterocycles. The van der Waals surface area contributed by atoms with E-state index in [1.54, 1.807) is 6.20 Å². The first-order chi connectivity index (χ1) is 6.86. The van der Waals surface area contributed by atoms with Gasteiger partial charge in [0.15, 0.2) is 6.61 Å². The number of ether oxygens (including phenoxy) is 1. The molecule has 0 aliphatic rings. The Kier molecular flexibility index (Phi) is 2.49. The van der Waals surface area contributed by atoms with Crippen molar-refractivity contribution in [2.75, 3.05) is 0 Å². The highest BCUT2D eigenvalue weighted by atomic mass is 16.5. The van der Waals surface area contributed by atoms with Crippen molar-refractivity contribution >= 4 is 0 Å². The molecule has 72 valence electrons. The van der Waals surface area contributed by atoms with Crippen molar-refractivity contribution in [3.8, 4) is 5.75 Å². The van der Waals surface area contributed by atoms with Crippen LogP contribution in [0.1, 0.15) is 11.5 Å². The molecule has 0 spiro atoms. The molecule has 2 aromatic rings. The van der Waals surface area contributed by atoms with E-state index in [9.17, 15) is 0 Å². The van der Waals surface area contributed by atoms with Crippen LogP contribution < -0.4 is 4.74 Å². The molecule has 14 heavy (non-hydrogen) atoms. The van der Waals surface area contributed by atoms with Crippen molar-refractivity contribution in [1.82, 2.24) is 4.98 Å². The maximum Gasteiger partial charge on any atom is 0.232 e. The van der Waals surface area contributed by atoms with Crippen molar-refractivity contribution in [3.05, 3.63) is 48.2 Å². The molecule has 2 rings (SSSR count). The molecule has 0 bridgehead atoms. The van der Waals surface area contributed by atoms with Crippen LogP contribution in [0, 0.1) is 6.92 Å². The summed E-state index contributed by atoms with van der Waals surface area (Å²) < 4.78 is 10.6. The molecule has 0 amide bonds. The quantitative estimate of drug-likeness (QED) is 0.744. The first-order valence-electron chi connectivity index (χ1n) is 4.43. The molecule has 1 aromatic carbocycles. The Morgan fingerprint density at radius 1 is 1.36 bits per heavy atom. The molecular weight excluding hydrogens is 178 g/mol. The third-order valence-electron chi connectivity index (χ3n) is 1.93. The van der Waals surface area contributed by atoms with Crippen LogP contribution in [-0.4, -0.2) is 4.98 Å². The number of aryl methyl sites for hydroxylation is 1. The highest BCUT2D eigenvalue weighted by molar-refractivity contribution is 5.31. The van der Waals surface area contributed by atoms with Crippen LogP contribution in [0.25, 0.3) is 0 Å². The zero-order chi connectivity index (χ0) is 9.80. The topological polar surface area (TPSA) is 35.3 Å². The monoisotopic (exact) mass is 189 g/mol. The minimum absolute atomic E-state index is 0.373. The summed E-state index contributed by atoms with van der Waals surface area (Å²) in [4.78, 5) is 3.97. The molecule has 0 N–H and O–H groups in total. The lowest BCUT2D eigenvalue weighted by atomic mass is 10.2. The molecule has 3 heteroatoms. The first kappa shape index (κ1) is 8.81. The van der Waals surface area contributed by atoms with Crippen molar-refractivity contribution in [3.63, 3.8) is 0 Å². The largest absolute Gasteiger partial charge is 0.484 e. The number of benzene rings is 1. The SMILES string of the molecule is Cc1ccccc1OCc1ncco1. The summed E-state index contributed by atoms with van der Waals surface area (Å²) in [6.45, 7) is 2.38. The van der Waals surface area contributed by atoms with Gasteiger partial charge in [-0.05, 0) is 18.6 Å². The number of aromatic nitrogens is 1. The van der Waals surface area contributed by atoms with Gasteiger partial charge in [-0.3, -0.25) is 0 Å². The third kappa shape index (κ3) is 1.93. The Hall–Kier alpha value is -1.77. The third-order valence-corrected chi connectivity index (χ3v) is 1.93. The summed E-state index contributed by atoms with van der Waals surface area (Å²) in [5, 5.41) is 0. The molecule has 0 atom stereocenters. The summed E-state index contributed by atoms with van der Waals surface area (Å²) in [6.07, 6.45) is 3.15. The van der Waals surface area contributed by atoms with Crippen LogP contribution in [0.2, 0.25) is 0 Å². The second-order valence-electron chi connectivity index (χ2n) is 2.98. The zero-order valence-electron chi connectivity index (χ0n) is 7.93. The molecule has 0 radical (unpaired) electrons. The van der Waals surface area contributed by atoms with E-state index in [0.717, 1.165) is 11.3 Å². The highest BCUT2D eigenvalue weighted by Gasteiger charge is 2.00. The number of hydrogen-bond donors (Lipinski definition) is 0. The fourth-order valence-corrected chi connectivity index (χ4v) is 1.18. The van der Waals surface area contributed by atoms with E-state index in [1.807, 2.05) is 31.2 Å². The Balaban J connectivity index is 2.02. The minimum Gasteiger partial charge on any atom is -0.484 e. The van der Waals surface area contributed by atoms with Crippen molar-refractivity contribution in [2.45, 2.75) is 13.5 Å². The van der Waals surface area contributed by atoms with E-state index >= 15 is 0 Å². The van der Waals surface area contributed by atoms with Gasteiger partial charge in [0, 0.05) is 0 Å². The number of nitrogens with zero attached hydrogens (tertiary/aromatic N) is 1. The van der Waals surface area contributed by atoms with E-state index in [-0.39, 0.29) is 0 Å². The van der Waals surface area contributed by atoms with E-state index in [1.165, 1.54) is 6.26 Å². The van der Waals surface area contributed by atoms with Gasteiger partial charge in [-0.1, -0.05) is 18.2 Å². The number of para-hydroxylation sites is 1. The maximum absolute atomic E-state index is 5.52. The molecule has 0 saturated heterocycles. The normalized spacial score (nSPS) is 10.1. The number of oxazole rings is 1. The Bertz CT molecular complexity index is 395. The number of rotatable bonds is 3. The first-order valence-corrected chi connectivity index (χ1v) is 4.43. The van der Waals surface area contributed by atoms with Gasteiger partial charge >= 0.3 is 0 Å². The molecule has 0 unspecified atom stereocenters. The predicted octanol–water partition coefficient (Wildman–Crippen LogP) is 2.56. The van der Waals surface area contributed by atoms with Gasteiger partial charge in [-0.2, -0.15) is 0 Å². The lowest BCUT2D eigenvalue weighted by molar-refractivity contribution is 0.261. The van der Waals surface area contributed by atoms with E-state index < -0.39 is 0 Å². The molecule has 0 fully saturated rings. The fraction of sp³-hybridized carbons (Fsp3) is 0.182. The van der Waals surface area contributed by atoms with Gasteiger partial charge in [-0.25, -0.2) is 4.98 Å². The standard InChI is InChI=1S/C11H11NO2/c1-9-4-2-3-5-10(9)14-8-11-12-6-7-13-11/h2-7H,8H2,1H3. The van der Waals surface area contributed by atoms with Crippen LogP contribution in [0.5, 0.6) is 5.75 Å². The van der Waals surface area contributed by atoms with Crippen molar-refractivity contribution in [1.29, 1.82) is 0 Å². The summed E-state index contributed by atoms with van der Waals surface area (Å²) in [5.41, 5.74) is 1.11. The Labute approximate surface area is 82.3 Å². The van der Waals surface area contributed by atoms with Crippen LogP contribution >= 0.6 is 0 Å². The zero-order valence-corrected chi connectivity index (χ0v) is 7.93. The van der Waals surface area contributed by atoms with Gasteiger partial charge in [0.2, 0.25) is 5.89 Å². The maximum atomic E-state index is 5.52. The summed E-state index contributed by atoms with van der Waals surface area (Å²) in [5.74, 6) is 1.46. The van der Waals surface area contributed by atoms with Gasteiger partial charge in [0.1, 0.15) is 12.0 Å². The van der Waals surface area contributed by atoms with Crippen molar-refractivity contribution in [2.24, 2.45) is 0 Å². The average molecular weight is 189 g/mol. The molecule has 0 saturated carbocycles. The molecule has 3 nitrogen and oxygen atoms in total.